The van der Waals surface area contributed by atoms with Crippen LogP contribution in [-0.4, -0.2) is 12.8 Å². The SMILES string of the molecule is CCC(=N)/C=C\NC. The van der Waals surface area contributed by atoms with E-state index in [-0.39, 0.29) is 0 Å². The summed E-state index contributed by atoms with van der Waals surface area (Å²) in [5.41, 5.74) is 0.652. The van der Waals surface area contributed by atoms with Crippen molar-refractivity contribution in [1.29, 1.82) is 5.41 Å². The molecule has 2 N–H and O–H groups in total. The molecular formula is C6H12N2. The van der Waals surface area contributed by atoms with E-state index in [9.17, 15) is 0 Å². The Bertz CT molecular complexity index is 94.7. The molecule has 2 heteroatoms. The van der Waals surface area contributed by atoms with Crippen molar-refractivity contribution < 1.29 is 0 Å². The molecule has 46 valence electrons. The second-order valence-corrected chi connectivity index (χ2v) is 1.50. The highest BCUT2D eigenvalue weighted by Gasteiger charge is 1.79. The van der Waals surface area contributed by atoms with Crippen molar-refractivity contribution >= 4 is 5.71 Å². The van der Waals surface area contributed by atoms with E-state index in [1.165, 1.54) is 0 Å². The predicted molar refractivity (Wildman–Crippen MR) is 36.2 cm³/mol. The van der Waals surface area contributed by atoms with Gasteiger partial charge >= 0.3 is 0 Å². The van der Waals surface area contributed by atoms with E-state index in [1.54, 1.807) is 12.3 Å². The molecule has 0 aliphatic carbocycles. The Morgan fingerprint density at radius 1 is 1.75 bits per heavy atom. The van der Waals surface area contributed by atoms with Gasteiger partial charge in [-0.15, -0.1) is 0 Å². The van der Waals surface area contributed by atoms with Crippen LogP contribution in [0.4, 0.5) is 0 Å². The predicted octanol–water partition coefficient (Wildman–Crippen LogP) is 1.15. The van der Waals surface area contributed by atoms with Crippen molar-refractivity contribution in [3.05, 3.63) is 12.3 Å². The minimum Gasteiger partial charge on any atom is -0.394 e. The quantitative estimate of drug-likeness (QED) is 0.528. The summed E-state index contributed by atoms with van der Waals surface area (Å²) >= 11 is 0. The number of allylic oxidation sites excluding steroid dienone is 1. The third kappa shape index (κ3) is 3.40. The van der Waals surface area contributed by atoms with Crippen LogP contribution >= 0.6 is 0 Å². The van der Waals surface area contributed by atoms with Gasteiger partial charge in [-0.2, -0.15) is 0 Å². The summed E-state index contributed by atoms with van der Waals surface area (Å²) < 4.78 is 0. The average Bonchev–Trinajstić information content (AvgIpc) is 1.83. The van der Waals surface area contributed by atoms with Crippen LogP contribution in [0.1, 0.15) is 13.3 Å². The number of nitrogens with one attached hydrogen (secondary N) is 2. The zero-order chi connectivity index (χ0) is 6.41. The number of rotatable bonds is 3. The molecule has 0 aromatic heterocycles. The van der Waals surface area contributed by atoms with E-state index >= 15 is 0 Å². The molecule has 0 spiro atoms. The van der Waals surface area contributed by atoms with Gasteiger partial charge in [-0.25, -0.2) is 0 Å². The first-order valence-electron chi connectivity index (χ1n) is 2.72. The summed E-state index contributed by atoms with van der Waals surface area (Å²) in [5, 5.41) is 9.93. The molecule has 0 saturated carbocycles. The number of hydrogen-bond donors (Lipinski definition) is 2. The van der Waals surface area contributed by atoms with Crippen LogP contribution in [0.25, 0.3) is 0 Å². The van der Waals surface area contributed by atoms with Crippen LogP contribution in [0.15, 0.2) is 12.3 Å². The molecular weight excluding hydrogens is 100 g/mol. The van der Waals surface area contributed by atoms with Crippen LogP contribution in [0.3, 0.4) is 0 Å². The molecule has 0 radical (unpaired) electrons. The molecule has 0 rings (SSSR count). The van der Waals surface area contributed by atoms with Gasteiger partial charge in [0.1, 0.15) is 0 Å². The first kappa shape index (κ1) is 7.21. The Hall–Kier alpha value is -0.790. The first-order chi connectivity index (χ1) is 3.81. The summed E-state index contributed by atoms with van der Waals surface area (Å²) in [5.74, 6) is 0. The molecule has 0 amide bonds. The summed E-state index contributed by atoms with van der Waals surface area (Å²) in [7, 11) is 1.82. The lowest BCUT2D eigenvalue weighted by molar-refractivity contribution is 1.10. The Kier molecular flexibility index (Phi) is 3.94. The van der Waals surface area contributed by atoms with E-state index in [4.69, 9.17) is 5.41 Å². The van der Waals surface area contributed by atoms with Gasteiger partial charge in [-0.05, 0) is 18.7 Å². The topological polar surface area (TPSA) is 35.9 Å². The monoisotopic (exact) mass is 112 g/mol. The van der Waals surface area contributed by atoms with Crippen molar-refractivity contribution in [3.8, 4) is 0 Å². The van der Waals surface area contributed by atoms with Crippen LogP contribution in [0.5, 0.6) is 0 Å². The van der Waals surface area contributed by atoms with Crippen molar-refractivity contribution in [3.63, 3.8) is 0 Å². The highest BCUT2D eigenvalue weighted by Crippen LogP contribution is 1.80. The maximum Gasteiger partial charge on any atom is 0.0325 e. The molecule has 0 saturated heterocycles. The minimum absolute atomic E-state index is 0.652. The minimum atomic E-state index is 0.652. The molecule has 0 aromatic rings. The maximum atomic E-state index is 7.11. The van der Waals surface area contributed by atoms with Gasteiger partial charge in [0.15, 0.2) is 0 Å². The van der Waals surface area contributed by atoms with Crippen molar-refractivity contribution in [1.82, 2.24) is 5.32 Å². The average molecular weight is 112 g/mol. The van der Waals surface area contributed by atoms with Crippen LogP contribution < -0.4 is 5.32 Å². The summed E-state index contributed by atoms with van der Waals surface area (Å²) in [6.07, 6.45) is 4.31. The first-order valence-corrected chi connectivity index (χ1v) is 2.72. The lowest BCUT2D eigenvalue weighted by atomic mass is 10.3. The van der Waals surface area contributed by atoms with E-state index in [0.29, 0.717) is 5.71 Å². The highest BCUT2D eigenvalue weighted by atomic mass is 14.8. The van der Waals surface area contributed by atoms with E-state index in [0.717, 1.165) is 6.42 Å². The standard InChI is InChI=1S/C6H12N2/c1-3-6(7)4-5-8-2/h4-5,7-8H,3H2,1-2H3/b5-4-,7-6?. The fraction of sp³-hybridized carbons (Fsp3) is 0.500. The molecule has 0 atom stereocenters. The smallest absolute Gasteiger partial charge is 0.0325 e. The zero-order valence-corrected chi connectivity index (χ0v) is 5.36. The van der Waals surface area contributed by atoms with Gasteiger partial charge in [0.25, 0.3) is 0 Å². The Labute approximate surface area is 50.1 Å². The number of hydrogen-bond acceptors (Lipinski definition) is 2. The second kappa shape index (κ2) is 4.37. The summed E-state index contributed by atoms with van der Waals surface area (Å²) in [4.78, 5) is 0. The van der Waals surface area contributed by atoms with Crippen molar-refractivity contribution in [2.24, 2.45) is 0 Å². The van der Waals surface area contributed by atoms with Crippen molar-refractivity contribution in [2.45, 2.75) is 13.3 Å². The van der Waals surface area contributed by atoms with Crippen LogP contribution in [0.2, 0.25) is 0 Å². The zero-order valence-electron chi connectivity index (χ0n) is 5.36. The largest absolute Gasteiger partial charge is 0.394 e. The summed E-state index contributed by atoms with van der Waals surface area (Å²) in [6, 6.07) is 0. The van der Waals surface area contributed by atoms with Gasteiger partial charge in [0.2, 0.25) is 0 Å². The molecule has 0 unspecified atom stereocenters. The molecule has 0 aliphatic heterocycles. The Morgan fingerprint density at radius 3 is 2.75 bits per heavy atom. The van der Waals surface area contributed by atoms with Crippen molar-refractivity contribution in [2.75, 3.05) is 7.05 Å². The van der Waals surface area contributed by atoms with Gasteiger partial charge in [0.05, 0.1) is 0 Å². The van der Waals surface area contributed by atoms with Gasteiger partial charge < -0.3 is 10.7 Å². The molecule has 0 aromatic carbocycles. The van der Waals surface area contributed by atoms with Gasteiger partial charge in [-0.3, -0.25) is 0 Å². The van der Waals surface area contributed by atoms with Crippen LogP contribution in [0, 0.1) is 5.41 Å². The fourth-order valence-electron chi connectivity index (χ4n) is 0.302. The fourth-order valence-corrected chi connectivity index (χ4v) is 0.302. The molecule has 8 heavy (non-hydrogen) atoms. The second-order valence-electron chi connectivity index (χ2n) is 1.50. The third-order valence-electron chi connectivity index (χ3n) is 0.832. The third-order valence-corrected chi connectivity index (χ3v) is 0.832. The highest BCUT2D eigenvalue weighted by molar-refractivity contribution is 5.91. The van der Waals surface area contributed by atoms with Gasteiger partial charge in [-0.1, -0.05) is 6.92 Å². The lowest BCUT2D eigenvalue weighted by Crippen LogP contribution is -1.94. The summed E-state index contributed by atoms with van der Waals surface area (Å²) in [6.45, 7) is 1.96. The van der Waals surface area contributed by atoms with E-state index < -0.39 is 0 Å². The lowest BCUT2D eigenvalue weighted by Gasteiger charge is -1.87. The van der Waals surface area contributed by atoms with Crippen LogP contribution in [-0.2, 0) is 0 Å². The molecule has 2 nitrogen and oxygen atoms in total. The van der Waals surface area contributed by atoms with Gasteiger partial charge in [0, 0.05) is 12.8 Å². The molecule has 0 aliphatic rings. The van der Waals surface area contributed by atoms with E-state index in [1.807, 2.05) is 14.0 Å². The molecule has 0 bridgehead atoms. The Balaban J connectivity index is 3.37. The molecule has 0 fully saturated rings. The molecule has 0 heterocycles. The maximum absolute atomic E-state index is 7.11. The van der Waals surface area contributed by atoms with E-state index in [2.05, 4.69) is 5.32 Å². The normalized spacial score (nSPS) is 9.75. The Morgan fingerprint density at radius 2 is 2.38 bits per heavy atom.